The minimum absolute atomic E-state index is 0.276. The van der Waals surface area contributed by atoms with Crippen molar-refractivity contribution in [2.75, 3.05) is 18.2 Å². The summed E-state index contributed by atoms with van der Waals surface area (Å²) in [5.41, 5.74) is 2.32. The summed E-state index contributed by atoms with van der Waals surface area (Å²) in [6, 6.07) is 10.7. The maximum absolute atomic E-state index is 12.4. The second-order valence-corrected chi connectivity index (χ2v) is 10.3. The topological polar surface area (TPSA) is 64.1 Å². The van der Waals surface area contributed by atoms with Crippen LogP contribution in [0.25, 0.3) is 21.3 Å². The molecule has 1 fully saturated rings. The Morgan fingerprint density at radius 1 is 1.24 bits per heavy atom. The number of fused-ring (bicyclic) bond motifs is 1. The Bertz CT molecular complexity index is 990. The lowest BCUT2D eigenvalue weighted by Gasteiger charge is -2.29. The first-order chi connectivity index (χ1) is 14.2. The molecule has 0 aliphatic heterocycles. The molecule has 154 valence electrons. The van der Waals surface area contributed by atoms with E-state index < -0.39 is 10.8 Å². The maximum Gasteiger partial charge on any atom is 0.158 e. The molecule has 4 rings (SSSR count). The fourth-order valence-electron chi connectivity index (χ4n) is 4.06. The van der Waals surface area contributed by atoms with Crippen LogP contribution >= 0.6 is 11.3 Å². The molecule has 1 aliphatic rings. The molecule has 1 aliphatic carbocycles. The Labute approximate surface area is 178 Å². The van der Waals surface area contributed by atoms with Gasteiger partial charge < -0.3 is 10.1 Å². The second-order valence-electron chi connectivity index (χ2n) is 7.42. The average molecular weight is 430 g/mol. The quantitative estimate of drug-likeness (QED) is 0.573. The first kappa shape index (κ1) is 20.4. The van der Waals surface area contributed by atoms with Gasteiger partial charge in [0.1, 0.15) is 17.3 Å². The van der Waals surface area contributed by atoms with Gasteiger partial charge in [-0.15, -0.1) is 11.3 Å². The summed E-state index contributed by atoms with van der Waals surface area (Å²) >= 11 is 1.64. The van der Waals surface area contributed by atoms with Gasteiger partial charge in [0.2, 0.25) is 0 Å². The van der Waals surface area contributed by atoms with E-state index in [4.69, 9.17) is 14.7 Å². The van der Waals surface area contributed by atoms with Crippen LogP contribution in [0.1, 0.15) is 38.4 Å². The summed E-state index contributed by atoms with van der Waals surface area (Å²) in [7, 11) is 0.919. The number of nitrogens with one attached hydrogen (secondary N) is 1. The molecule has 5 nitrogen and oxygen atoms in total. The number of benzene rings is 1. The smallest absolute Gasteiger partial charge is 0.158 e. The van der Waals surface area contributed by atoms with Crippen LogP contribution in [-0.2, 0) is 22.1 Å². The summed E-state index contributed by atoms with van der Waals surface area (Å²) in [6.45, 7) is 2.39. The zero-order valence-corrected chi connectivity index (χ0v) is 18.5. The minimum atomic E-state index is -0.744. The van der Waals surface area contributed by atoms with E-state index >= 15 is 0 Å². The van der Waals surface area contributed by atoms with Gasteiger partial charge in [0.25, 0.3) is 0 Å². The largest absolute Gasteiger partial charge is 0.377 e. The summed E-state index contributed by atoms with van der Waals surface area (Å²) in [6.07, 6.45) is 4.16. The fourth-order valence-corrected chi connectivity index (χ4v) is 6.37. The van der Waals surface area contributed by atoms with Gasteiger partial charge in [0, 0.05) is 45.9 Å². The van der Waals surface area contributed by atoms with Gasteiger partial charge >= 0.3 is 0 Å². The van der Waals surface area contributed by atoms with Gasteiger partial charge in [0.15, 0.2) is 5.82 Å². The zero-order chi connectivity index (χ0) is 20.2. The number of anilines is 1. The molecule has 2 aromatic heterocycles. The molecule has 1 aromatic carbocycles. The lowest BCUT2D eigenvalue weighted by molar-refractivity contribution is 0.178. The van der Waals surface area contributed by atoms with E-state index in [0.29, 0.717) is 12.4 Å². The molecule has 0 bridgehead atoms. The van der Waals surface area contributed by atoms with E-state index in [9.17, 15) is 4.21 Å². The van der Waals surface area contributed by atoms with Crippen molar-refractivity contribution in [3.05, 3.63) is 41.5 Å². The zero-order valence-electron chi connectivity index (χ0n) is 16.9. The van der Waals surface area contributed by atoms with Gasteiger partial charge in [-0.2, -0.15) is 0 Å². The van der Waals surface area contributed by atoms with Crippen LogP contribution in [0.15, 0.2) is 35.7 Å². The molecule has 7 heteroatoms. The number of ether oxygens (including phenoxy) is 1. The standard InChI is InChI=1S/C22H27N3O2S2/c1-3-29(26)17-11-7-10-16(12-17)23-21-20-18(15-8-5-4-6-9-15)14-28-22(20)25-19(24-21)13-27-2/h4-6,8-9,14,16-17H,3,7,10-13H2,1-2H3,(H,23,24,25). The van der Waals surface area contributed by atoms with Crippen LogP contribution in [0, 0.1) is 0 Å². The lowest BCUT2D eigenvalue weighted by Crippen LogP contribution is -2.33. The third kappa shape index (κ3) is 4.52. The predicted molar refractivity (Wildman–Crippen MR) is 122 cm³/mol. The van der Waals surface area contributed by atoms with E-state index in [-0.39, 0.29) is 11.3 Å². The molecular weight excluding hydrogens is 402 g/mol. The highest BCUT2D eigenvalue weighted by atomic mass is 32.2. The summed E-state index contributed by atoms with van der Waals surface area (Å²) in [5, 5.41) is 7.20. The molecule has 0 radical (unpaired) electrons. The minimum Gasteiger partial charge on any atom is -0.377 e. The van der Waals surface area contributed by atoms with Crippen molar-refractivity contribution in [1.82, 2.24) is 9.97 Å². The lowest BCUT2D eigenvalue weighted by atomic mass is 9.94. The van der Waals surface area contributed by atoms with E-state index in [1.54, 1.807) is 18.4 Å². The van der Waals surface area contributed by atoms with Gasteiger partial charge in [-0.3, -0.25) is 4.21 Å². The van der Waals surface area contributed by atoms with Gasteiger partial charge in [0.05, 0.1) is 5.39 Å². The Morgan fingerprint density at radius 2 is 2.07 bits per heavy atom. The average Bonchev–Trinajstić information content (AvgIpc) is 3.18. The third-order valence-electron chi connectivity index (χ3n) is 5.46. The van der Waals surface area contributed by atoms with Crippen molar-refractivity contribution in [2.45, 2.75) is 50.5 Å². The first-order valence-corrected chi connectivity index (χ1v) is 12.4. The second kappa shape index (κ2) is 9.32. The maximum atomic E-state index is 12.4. The molecule has 0 saturated heterocycles. The van der Waals surface area contributed by atoms with Crippen molar-refractivity contribution >= 4 is 38.2 Å². The molecule has 1 saturated carbocycles. The van der Waals surface area contributed by atoms with Crippen LogP contribution in [-0.4, -0.2) is 38.3 Å². The van der Waals surface area contributed by atoms with Crippen molar-refractivity contribution in [2.24, 2.45) is 0 Å². The molecule has 3 atom stereocenters. The highest BCUT2D eigenvalue weighted by molar-refractivity contribution is 7.85. The monoisotopic (exact) mass is 429 g/mol. The van der Waals surface area contributed by atoms with E-state index in [2.05, 4.69) is 35.0 Å². The van der Waals surface area contributed by atoms with Crippen molar-refractivity contribution in [3.8, 4) is 11.1 Å². The fraction of sp³-hybridized carbons (Fsp3) is 0.455. The highest BCUT2D eigenvalue weighted by Crippen LogP contribution is 2.38. The predicted octanol–water partition coefficient (Wildman–Crippen LogP) is 5.00. The number of rotatable bonds is 7. The molecular formula is C22H27N3O2S2. The van der Waals surface area contributed by atoms with E-state index in [0.717, 1.165) is 53.0 Å². The van der Waals surface area contributed by atoms with E-state index in [1.165, 1.54) is 5.56 Å². The number of thiophene rings is 1. The van der Waals surface area contributed by atoms with Crippen LogP contribution in [0.3, 0.4) is 0 Å². The van der Waals surface area contributed by atoms with Crippen LogP contribution < -0.4 is 5.32 Å². The number of nitrogens with zero attached hydrogens (tertiary/aromatic N) is 2. The van der Waals surface area contributed by atoms with E-state index in [1.807, 2.05) is 13.0 Å². The van der Waals surface area contributed by atoms with Crippen molar-refractivity contribution in [1.29, 1.82) is 0 Å². The van der Waals surface area contributed by atoms with Gasteiger partial charge in [-0.25, -0.2) is 9.97 Å². The van der Waals surface area contributed by atoms with Gasteiger partial charge in [-0.1, -0.05) is 43.7 Å². The van der Waals surface area contributed by atoms with Crippen LogP contribution in [0.2, 0.25) is 0 Å². The molecule has 1 N–H and O–H groups in total. The first-order valence-electron chi connectivity index (χ1n) is 10.2. The van der Waals surface area contributed by atoms with Crippen LogP contribution in [0.4, 0.5) is 5.82 Å². The Balaban J connectivity index is 1.71. The molecule has 29 heavy (non-hydrogen) atoms. The Hall–Kier alpha value is -1.83. The normalized spacial score (nSPS) is 20.6. The Kier molecular flexibility index (Phi) is 6.57. The summed E-state index contributed by atoms with van der Waals surface area (Å²) in [5.74, 6) is 2.29. The number of methoxy groups -OCH3 is 1. The molecule has 0 spiro atoms. The van der Waals surface area contributed by atoms with Gasteiger partial charge in [-0.05, 0) is 24.8 Å². The Morgan fingerprint density at radius 3 is 2.83 bits per heavy atom. The summed E-state index contributed by atoms with van der Waals surface area (Å²) in [4.78, 5) is 10.5. The number of hydrogen-bond acceptors (Lipinski definition) is 6. The molecule has 3 unspecified atom stereocenters. The number of hydrogen-bond donors (Lipinski definition) is 1. The molecule has 3 aromatic rings. The number of aromatic nitrogens is 2. The van der Waals surface area contributed by atoms with Crippen LogP contribution in [0.5, 0.6) is 0 Å². The van der Waals surface area contributed by atoms with Crippen molar-refractivity contribution in [3.63, 3.8) is 0 Å². The SMILES string of the molecule is CCS(=O)C1CCCC(Nc2nc(COC)nc3scc(-c4ccccc4)c23)C1. The van der Waals surface area contributed by atoms with Crippen molar-refractivity contribution < 1.29 is 8.95 Å². The highest BCUT2D eigenvalue weighted by Gasteiger charge is 2.27. The molecule has 2 heterocycles. The molecule has 0 amide bonds. The third-order valence-corrected chi connectivity index (χ3v) is 8.07. The summed E-state index contributed by atoms with van der Waals surface area (Å²) < 4.78 is 17.6.